The zero-order valence-corrected chi connectivity index (χ0v) is 20.4. The van der Waals surface area contributed by atoms with Gasteiger partial charge >= 0.3 is 12.0 Å². The lowest BCUT2D eigenvalue weighted by molar-refractivity contribution is -0.151. The van der Waals surface area contributed by atoms with Crippen LogP contribution in [0.5, 0.6) is 0 Å². The Labute approximate surface area is 209 Å². The average Bonchev–Trinajstić information content (AvgIpc) is 3.16. The molecule has 2 atom stereocenters. The number of benzene rings is 1. The molecular formula is C25H29ClN4O5. The molecule has 3 aliphatic rings. The van der Waals surface area contributed by atoms with Crippen molar-refractivity contribution in [1.29, 1.82) is 0 Å². The van der Waals surface area contributed by atoms with Crippen molar-refractivity contribution in [2.45, 2.75) is 25.8 Å². The standard InChI is InChI=1S/C25H29ClN4O5/c1-3-10-30-19-14-29(15-20(31)28-11-6-8-17(13-28)24(33)35-4-2)23(32)21(19)22(27-25(30)34)16-7-5-9-18(26)12-16/h3,5,7,9,12,17,22H,1,4,6,8,10-11,13-15H2,2H3,(H,27,34)/t17-,22+/m1/s1. The zero-order valence-electron chi connectivity index (χ0n) is 19.7. The van der Waals surface area contributed by atoms with E-state index in [1.807, 2.05) is 0 Å². The van der Waals surface area contributed by atoms with Crippen LogP contribution >= 0.6 is 11.6 Å². The van der Waals surface area contributed by atoms with Crippen molar-refractivity contribution in [2.24, 2.45) is 5.92 Å². The van der Waals surface area contributed by atoms with Crippen molar-refractivity contribution in [1.82, 2.24) is 20.0 Å². The van der Waals surface area contributed by atoms with Crippen LogP contribution in [0.2, 0.25) is 5.02 Å². The number of piperidine rings is 1. The highest BCUT2D eigenvalue weighted by Gasteiger charge is 2.44. The number of esters is 1. The molecule has 0 unspecified atom stereocenters. The lowest BCUT2D eigenvalue weighted by Crippen LogP contribution is -2.47. The van der Waals surface area contributed by atoms with Gasteiger partial charge in [0.15, 0.2) is 0 Å². The summed E-state index contributed by atoms with van der Waals surface area (Å²) in [6.45, 7) is 6.79. The minimum Gasteiger partial charge on any atom is -0.466 e. The highest BCUT2D eigenvalue weighted by Crippen LogP contribution is 2.37. The number of carbonyl (C=O) groups is 4. The SMILES string of the molecule is C=CCN1C(=O)N[C@@H](c2cccc(Cl)c2)C2=C1CN(CC(=O)N1CCC[C@@H](C(=O)OCC)C1)C2=O. The Morgan fingerprint density at radius 3 is 2.83 bits per heavy atom. The third-order valence-corrected chi connectivity index (χ3v) is 6.75. The van der Waals surface area contributed by atoms with Gasteiger partial charge in [0.05, 0.1) is 36.4 Å². The number of halogens is 1. The summed E-state index contributed by atoms with van der Waals surface area (Å²) < 4.78 is 5.12. The quantitative estimate of drug-likeness (QED) is 0.458. The third-order valence-electron chi connectivity index (χ3n) is 6.51. The van der Waals surface area contributed by atoms with E-state index in [2.05, 4.69) is 11.9 Å². The first kappa shape index (κ1) is 24.8. The van der Waals surface area contributed by atoms with Gasteiger partial charge in [0.1, 0.15) is 6.54 Å². The fraction of sp³-hybridized carbons (Fsp3) is 0.440. The number of rotatable bonds is 7. The molecule has 0 aromatic heterocycles. The summed E-state index contributed by atoms with van der Waals surface area (Å²) >= 11 is 6.16. The number of nitrogens with zero attached hydrogens (tertiary/aromatic N) is 3. The summed E-state index contributed by atoms with van der Waals surface area (Å²) in [6.07, 6.45) is 2.96. The van der Waals surface area contributed by atoms with Crippen LogP contribution in [0.4, 0.5) is 4.79 Å². The van der Waals surface area contributed by atoms with Gasteiger partial charge in [0.25, 0.3) is 5.91 Å². The van der Waals surface area contributed by atoms with Crippen LogP contribution in [-0.2, 0) is 19.1 Å². The molecule has 1 saturated heterocycles. The van der Waals surface area contributed by atoms with Gasteiger partial charge in [-0.1, -0.05) is 29.8 Å². The lowest BCUT2D eigenvalue weighted by Gasteiger charge is -2.33. The number of likely N-dealkylation sites (tertiary alicyclic amines) is 1. The number of hydrogen-bond donors (Lipinski definition) is 1. The molecule has 0 bridgehead atoms. The first-order chi connectivity index (χ1) is 16.8. The Balaban J connectivity index is 1.54. The van der Waals surface area contributed by atoms with E-state index in [0.29, 0.717) is 47.8 Å². The van der Waals surface area contributed by atoms with Gasteiger partial charge in [-0.05, 0) is 37.5 Å². The Hall–Kier alpha value is -3.33. The molecule has 4 rings (SSSR count). The van der Waals surface area contributed by atoms with E-state index < -0.39 is 6.04 Å². The number of nitrogens with one attached hydrogen (secondary N) is 1. The van der Waals surface area contributed by atoms with Crippen LogP contribution < -0.4 is 5.32 Å². The topological polar surface area (TPSA) is 99.3 Å². The van der Waals surface area contributed by atoms with E-state index in [1.54, 1.807) is 42.2 Å². The minimum absolute atomic E-state index is 0.132. The molecule has 1 fully saturated rings. The summed E-state index contributed by atoms with van der Waals surface area (Å²) in [7, 11) is 0. The van der Waals surface area contributed by atoms with E-state index in [0.717, 1.165) is 0 Å². The van der Waals surface area contributed by atoms with Crippen LogP contribution in [0.15, 0.2) is 48.2 Å². The van der Waals surface area contributed by atoms with Crippen LogP contribution in [-0.4, -0.2) is 77.8 Å². The van der Waals surface area contributed by atoms with E-state index in [1.165, 1.54) is 9.80 Å². The summed E-state index contributed by atoms with van der Waals surface area (Å²) in [5.41, 5.74) is 1.66. The number of ether oxygens (including phenoxy) is 1. The molecule has 10 heteroatoms. The second-order valence-electron chi connectivity index (χ2n) is 8.79. The smallest absolute Gasteiger partial charge is 0.322 e. The van der Waals surface area contributed by atoms with Gasteiger partial charge < -0.3 is 19.9 Å². The van der Waals surface area contributed by atoms with Gasteiger partial charge in [0.2, 0.25) is 5.91 Å². The zero-order chi connectivity index (χ0) is 25.1. The lowest BCUT2D eigenvalue weighted by atomic mass is 9.95. The predicted octanol–water partition coefficient (Wildman–Crippen LogP) is 2.49. The summed E-state index contributed by atoms with van der Waals surface area (Å²) in [6, 6.07) is 5.98. The molecule has 186 valence electrons. The van der Waals surface area contributed by atoms with Gasteiger partial charge in [-0.2, -0.15) is 0 Å². The van der Waals surface area contributed by atoms with E-state index in [-0.39, 0.29) is 55.9 Å². The number of hydrogen-bond acceptors (Lipinski definition) is 5. The molecule has 1 aromatic rings. The van der Waals surface area contributed by atoms with E-state index in [9.17, 15) is 19.2 Å². The predicted molar refractivity (Wildman–Crippen MR) is 129 cm³/mol. The first-order valence-corrected chi connectivity index (χ1v) is 12.1. The molecule has 9 nitrogen and oxygen atoms in total. The molecule has 0 spiro atoms. The molecule has 3 heterocycles. The summed E-state index contributed by atoms with van der Waals surface area (Å²) in [4.78, 5) is 56.3. The molecule has 3 aliphatic heterocycles. The van der Waals surface area contributed by atoms with Crippen molar-refractivity contribution in [2.75, 3.05) is 39.3 Å². The Kier molecular flexibility index (Phi) is 7.45. The summed E-state index contributed by atoms with van der Waals surface area (Å²) in [5, 5.41) is 3.38. The minimum atomic E-state index is -0.673. The Morgan fingerprint density at radius 2 is 2.11 bits per heavy atom. The van der Waals surface area contributed by atoms with E-state index in [4.69, 9.17) is 16.3 Å². The fourth-order valence-corrected chi connectivity index (χ4v) is 5.05. The van der Waals surface area contributed by atoms with Crippen molar-refractivity contribution in [3.8, 4) is 0 Å². The largest absolute Gasteiger partial charge is 0.466 e. The van der Waals surface area contributed by atoms with Crippen LogP contribution in [0.3, 0.4) is 0 Å². The monoisotopic (exact) mass is 500 g/mol. The van der Waals surface area contributed by atoms with Crippen LogP contribution in [0.25, 0.3) is 0 Å². The molecule has 1 aromatic carbocycles. The van der Waals surface area contributed by atoms with E-state index >= 15 is 0 Å². The maximum Gasteiger partial charge on any atom is 0.322 e. The molecule has 0 radical (unpaired) electrons. The van der Waals surface area contributed by atoms with Crippen LogP contribution in [0, 0.1) is 5.92 Å². The van der Waals surface area contributed by atoms with Crippen molar-refractivity contribution >= 4 is 35.4 Å². The molecule has 35 heavy (non-hydrogen) atoms. The molecule has 0 aliphatic carbocycles. The van der Waals surface area contributed by atoms with Gasteiger partial charge in [0, 0.05) is 24.7 Å². The van der Waals surface area contributed by atoms with Crippen LogP contribution in [0.1, 0.15) is 31.4 Å². The first-order valence-electron chi connectivity index (χ1n) is 11.7. The molecule has 4 amide bonds. The molecular weight excluding hydrogens is 472 g/mol. The van der Waals surface area contributed by atoms with Crippen molar-refractivity contribution < 1.29 is 23.9 Å². The second-order valence-corrected chi connectivity index (χ2v) is 9.23. The van der Waals surface area contributed by atoms with Crippen molar-refractivity contribution in [3.05, 3.63) is 58.8 Å². The maximum absolute atomic E-state index is 13.5. The van der Waals surface area contributed by atoms with Gasteiger partial charge in [-0.25, -0.2) is 4.79 Å². The fourth-order valence-electron chi connectivity index (χ4n) is 4.85. The molecule has 1 N–H and O–H groups in total. The third kappa shape index (κ3) is 5.05. The second kappa shape index (κ2) is 10.5. The number of urea groups is 1. The number of carbonyl (C=O) groups excluding carboxylic acids is 4. The summed E-state index contributed by atoms with van der Waals surface area (Å²) in [5.74, 6) is -1.20. The van der Waals surface area contributed by atoms with Crippen molar-refractivity contribution in [3.63, 3.8) is 0 Å². The Bertz CT molecular complexity index is 1090. The van der Waals surface area contributed by atoms with Gasteiger partial charge in [-0.3, -0.25) is 19.3 Å². The average molecular weight is 501 g/mol. The van der Waals surface area contributed by atoms with Gasteiger partial charge in [-0.15, -0.1) is 6.58 Å². The normalized spacial score (nSPS) is 22.2. The highest BCUT2D eigenvalue weighted by molar-refractivity contribution is 6.30. The maximum atomic E-state index is 13.5. The highest BCUT2D eigenvalue weighted by atomic mass is 35.5. The molecule has 0 saturated carbocycles. The Morgan fingerprint density at radius 1 is 1.31 bits per heavy atom. The number of amides is 4.